The summed E-state index contributed by atoms with van der Waals surface area (Å²) in [5.41, 5.74) is 5.39. The minimum Gasteiger partial charge on any atom is -0.490 e. The third kappa shape index (κ3) is 8.11. The second kappa shape index (κ2) is 15.7. The maximum absolute atomic E-state index is 12.5. The number of carbonyl (C=O) groups excluding carboxylic acids is 2. The summed E-state index contributed by atoms with van der Waals surface area (Å²) in [4.78, 5) is 24.7. The summed E-state index contributed by atoms with van der Waals surface area (Å²) in [7, 11) is 1.27. The Morgan fingerprint density at radius 3 is 2.58 bits per heavy atom. The lowest BCUT2D eigenvalue weighted by Crippen LogP contribution is -2.45. The van der Waals surface area contributed by atoms with Crippen molar-refractivity contribution in [2.75, 3.05) is 20.3 Å². The molecule has 0 unspecified atom stereocenters. The van der Waals surface area contributed by atoms with Gasteiger partial charge < -0.3 is 34.7 Å². The van der Waals surface area contributed by atoms with E-state index in [1.807, 2.05) is 49.4 Å². The maximum atomic E-state index is 12.5. The molecule has 0 radical (unpaired) electrons. The van der Waals surface area contributed by atoms with Crippen LogP contribution >= 0.6 is 23.2 Å². The van der Waals surface area contributed by atoms with Gasteiger partial charge in [-0.25, -0.2) is 9.59 Å². The van der Waals surface area contributed by atoms with Gasteiger partial charge >= 0.3 is 12.0 Å². The highest BCUT2D eigenvalue weighted by Gasteiger charge is 2.32. The standard InChI is InChI=1S/C35H34Cl2N4O7/c1-4-46-30-15-22(33-32(34(43)45-3)20(2)39-35(44)40-33)11-14-29(30)48-19-31(42)41-38-17-26-25-8-6-5-7-21(25)10-13-28(26)47-18-23-9-12-24(36)16-27(23)37/h5-17,31,33,41-42H,4,18-19H2,1-3H3,(H2,39,40,44)/b38-17+/t31-,33-/m1/s1. The molecule has 2 atom stereocenters. The van der Waals surface area contributed by atoms with Crippen molar-refractivity contribution in [1.29, 1.82) is 0 Å². The number of esters is 1. The van der Waals surface area contributed by atoms with Gasteiger partial charge in [-0.05, 0) is 60.5 Å². The van der Waals surface area contributed by atoms with Gasteiger partial charge in [-0.2, -0.15) is 5.10 Å². The Balaban J connectivity index is 1.28. The molecule has 0 aromatic heterocycles. The van der Waals surface area contributed by atoms with Gasteiger partial charge in [0.1, 0.15) is 19.0 Å². The van der Waals surface area contributed by atoms with E-state index < -0.39 is 24.3 Å². The molecule has 1 aliphatic rings. The quantitative estimate of drug-likeness (QED) is 0.0559. The number of nitrogens with one attached hydrogen (secondary N) is 3. The van der Waals surface area contributed by atoms with Crippen LogP contribution in [0.25, 0.3) is 10.8 Å². The van der Waals surface area contributed by atoms with Crippen LogP contribution in [0.5, 0.6) is 17.2 Å². The zero-order valence-corrected chi connectivity index (χ0v) is 27.9. The van der Waals surface area contributed by atoms with Crippen molar-refractivity contribution in [3.63, 3.8) is 0 Å². The van der Waals surface area contributed by atoms with E-state index in [2.05, 4.69) is 21.2 Å². The number of aliphatic hydroxyl groups excluding tert-OH is 1. The van der Waals surface area contributed by atoms with Crippen molar-refractivity contribution in [2.24, 2.45) is 5.10 Å². The number of hydrogen-bond donors (Lipinski definition) is 4. The highest BCUT2D eigenvalue weighted by atomic mass is 35.5. The number of allylic oxidation sites excluding steroid dienone is 1. The summed E-state index contributed by atoms with van der Waals surface area (Å²) < 4.78 is 22.7. The average molecular weight is 694 g/mol. The number of halogens is 2. The fourth-order valence-corrected chi connectivity index (χ4v) is 5.60. The number of ether oxygens (including phenoxy) is 4. The van der Waals surface area contributed by atoms with E-state index >= 15 is 0 Å². The average Bonchev–Trinajstić information content (AvgIpc) is 3.07. The van der Waals surface area contributed by atoms with Crippen molar-refractivity contribution >= 4 is 52.2 Å². The number of nitrogens with zero attached hydrogens (tertiary/aromatic N) is 1. The minimum absolute atomic E-state index is 0.179. The Labute approximate surface area is 287 Å². The molecule has 1 heterocycles. The molecule has 48 heavy (non-hydrogen) atoms. The zero-order chi connectivity index (χ0) is 34.2. The van der Waals surface area contributed by atoms with Crippen molar-refractivity contribution in [1.82, 2.24) is 16.1 Å². The first kappa shape index (κ1) is 34.4. The van der Waals surface area contributed by atoms with E-state index in [0.717, 1.165) is 16.3 Å². The predicted octanol–water partition coefficient (Wildman–Crippen LogP) is 6.25. The van der Waals surface area contributed by atoms with Crippen LogP contribution in [-0.4, -0.2) is 49.9 Å². The second-order valence-corrected chi connectivity index (χ2v) is 11.5. The number of rotatable bonds is 13. The number of fused-ring (bicyclic) bond motifs is 1. The zero-order valence-electron chi connectivity index (χ0n) is 26.4. The number of urea groups is 1. The number of carbonyl (C=O) groups is 2. The van der Waals surface area contributed by atoms with Crippen LogP contribution in [0.3, 0.4) is 0 Å². The SMILES string of the molecule is CCOc1cc([C@H]2NC(=O)NC(C)=C2C(=O)OC)ccc1OC[C@@H](O)N/N=C/c1c(OCc2ccc(Cl)cc2Cl)ccc2ccccc12. The van der Waals surface area contributed by atoms with Crippen LogP contribution in [0.4, 0.5) is 4.79 Å². The fourth-order valence-electron chi connectivity index (χ4n) is 5.14. The van der Waals surface area contributed by atoms with Crippen LogP contribution in [-0.2, 0) is 16.1 Å². The largest absolute Gasteiger partial charge is 0.490 e. The molecule has 0 saturated heterocycles. The third-order valence-corrected chi connectivity index (χ3v) is 8.01. The Bertz CT molecular complexity index is 1880. The van der Waals surface area contributed by atoms with E-state index in [1.165, 1.54) is 7.11 Å². The van der Waals surface area contributed by atoms with Crippen molar-refractivity contribution in [3.05, 3.63) is 111 Å². The predicted molar refractivity (Wildman–Crippen MR) is 184 cm³/mol. The lowest BCUT2D eigenvalue weighted by atomic mass is 9.95. The number of amides is 2. The normalized spacial score (nSPS) is 15.1. The number of aliphatic hydroxyl groups is 1. The Morgan fingerprint density at radius 2 is 1.81 bits per heavy atom. The van der Waals surface area contributed by atoms with Gasteiger partial charge in [-0.3, -0.25) is 5.43 Å². The molecule has 0 saturated carbocycles. The molecule has 0 aliphatic carbocycles. The highest BCUT2D eigenvalue weighted by Crippen LogP contribution is 2.35. The first-order chi connectivity index (χ1) is 23.2. The third-order valence-electron chi connectivity index (χ3n) is 7.42. The molecular weight excluding hydrogens is 659 g/mol. The van der Waals surface area contributed by atoms with Crippen LogP contribution in [0.15, 0.2) is 89.2 Å². The van der Waals surface area contributed by atoms with Crippen molar-refractivity contribution in [3.8, 4) is 17.2 Å². The summed E-state index contributed by atoms with van der Waals surface area (Å²) in [6.07, 6.45) is 0.384. The molecule has 0 bridgehead atoms. The van der Waals surface area contributed by atoms with Crippen molar-refractivity contribution < 1.29 is 33.6 Å². The molecule has 0 spiro atoms. The summed E-state index contributed by atoms with van der Waals surface area (Å²) in [5, 5.41) is 23.2. The minimum atomic E-state index is -1.19. The highest BCUT2D eigenvalue weighted by molar-refractivity contribution is 6.35. The Kier molecular flexibility index (Phi) is 11.3. The molecule has 13 heteroatoms. The van der Waals surface area contributed by atoms with Gasteiger partial charge in [0.2, 0.25) is 0 Å². The molecule has 4 N–H and O–H groups in total. The van der Waals surface area contributed by atoms with Gasteiger partial charge in [0.15, 0.2) is 17.7 Å². The van der Waals surface area contributed by atoms with E-state index in [1.54, 1.807) is 43.5 Å². The van der Waals surface area contributed by atoms with E-state index in [0.29, 0.717) is 50.7 Å². The molecule has 1 aliphatic heterocycles. The summed E-state index contributed by atoms with van der Waals surface area (Å²) in [6, 6.07) is 20.6. The summed E-state index contributed by atoms with van der Waals surface area (Å²) in [5.74, 6) is 0.698. The number of benzene rings is 4. The fraction of sp³-hybridized carbons (Fsp3) is 0.229. The topological polar surface area (TPSA) is 140 Å². The lowest BCUT2D eigenvalue weighted by Gasteiger charge is -2.28. The Morgan fingerprint density at radius 1 is 1.02 bits per heavy atom. The maximum Gasteiger partial charge on any atom is 0.337 e. The van der Waals surface area contributed by atoms with Crippen LogP contribution < -0.4 is 30.3 Å². The summed E-state index contributed by atoms with van der Waals surface area (Å²) >= 11 is 12.4. The van der Waals surface area contributed by atoms with Gasteiger partial charge in [-0.1, -0.05) is 65.7 Å². The number of hydrazone groups is 1. The molecule has 4 aromatic rings. The first-order valence-electron chi connectivity index (χ1n) is 15.0. The molecule has 250 valence electrons. The van der Waals surface area contributed by atoms with Gasteiger partial charge in [0.25, 0.3) is 0 Å². The molecule has 5 rings (SSSR count). The molecule has 2 amide bonds. The van der Waals surface area contributed by atoms with Gasteiger partial charge in [0.05, 0.1) is 31.5 Å². The van der Waals surface area contributed by atoms with Crippen LogP contribution in [0.1, 0.15) is 36.6 Å². The van der Waals surface area contributed by atoms with Crippen molar-refractivity contribution in [2.45, 2.75) is 32.7 Å². The van der Waals surface area contributed by atoms with E-state index in [4.69, 9.17) is 42.1 Å². The molecule has 0 fully saturated rings. The number of hydrogen-bond acceptors (Lipinski definition) is 9. The van der Waals surface area contributed by atoms with E-state index in [-0.39, 0.29) is 18.8 Å². The Hall–Kier alpha value is -4.97. The van der Waals surface area contributed by atoms with Gasteiger partial charge in [0, 0.05) is 26.9 Å². The monoisotopic (exact) mass is 692 g/mol. The number of methoxy groups -OCH3 is 1. The van der Waals surface area contributed by atoms with Crippen LogP contribution in [0.2, 0.25) is 10.0 Å². The summed E-state index contributed by atoms with van der Waals surface area (Å²) in [6.45, 7) is 3.79. The molecule has 4 aromatic carbocycles. The molecular formula is C35H34Cl2N4O7. The molecule has 11 nitrogen and oxygen atoms in total. The lowest BCUT2D eigenvalue weighted by molar-refractivity contribution is -0.136. The van der Waals surface area contributed by atoms with E-state index in [9.17, 15) is 14.7 Å². The van der Waals surface area contributed by atoms with Crippen LogP contribution in [0, 0.1) is 0 Å². The first-order valence-corrected chi connectivity index (χ1v) is 15.7. The smallest absolute Gasteiger partial charge is 0.337 e. The second-order valence-electron chi connectivity index (χ2n) is 10.6. The van der Waals surface area contributed by atoms with Gasteiger partial charge in [-0.15, -0.1) is 0 Å².